The van der Waals surface area contributed by atoms with Gasteiger partial charge in [-0.2, -0.15) is 4.98 Å². The smallest absolute Gasteiger partial charge is 0.258 e. The highest BCUT2D eigenvalue weighted by Crippen LogP contribution is 2.34. The number of halogens is 1. The van der Waals surface area contributed by atoms with Crippen LogP contribution in [0.2, 0.25) is 0 Å². The van der Waals surface area contributed by atoms with E-state index in [1.807, 2.05) is 25.2 Å². The highest BCUT2D eigenvalue weighted by molar-refractivity contribution is 5.85. The standard InChI is InChI=1S/C18H25N3O3.ClH/c1-12(19-2)10-17-20-18(24-21-17)13-8-9-15(16(11-13)22-3)23-14-6-4-5-7-14;/h8-9,11-12,14,19H,4-7,10H2,1-3H3;1H. The van der Waals surface area contributed by atoms with Crippen LogP contribution in [0.5, 0.6) is 11.5 Å². The molecule has 3 rings (SSSR count). The summed E-state index contributed by atoms with van der Waals surface area (Å²) in [7, 11) is 3.56. The number of benzene rings is 1. The van der Waals surface area contributed by atoms with E-state index in [1.165, 1.54) is 12.8 Å². The minimum absolute atomic E-state index is 0. The van der Waals surface area contributed by atoms with Gasteiger partial charge in [0.25, 0.3) is 5.89 Å². The number of methoxy groups -OCH3 is 1. The average molecular weight is 368 g/mol. The molecular formula is C18H26ClN3O3. The van der Waals surface area contributed by atoms with Gasteiger partial charge in [0.05, 0.1) is 13.2 Å². The van der Waals surface area contributed by atoms with Crippen LogP contribution in [-0.2, 0) is 6.42 Å². The zero-order valence-corrected chi connectivity index (χ0v) is 15.8. The van der Waals surface area contributed by atoms with Crippen LogP contribution < -0.4 is 14.8 Å². The summed E-state index contributed by atoms with van der Waals surface area (Å²) in [6, 6.07) is 6.05. The summed E-state index contributed by atoms with van der Waals surface area (Å²) in [5.41, 5.74) is 0.835. The van der Waals surface area contributed by atoms with Gasteiger partial charge in [0.15, 0.2) is 17.3 Å². The van der Waals surface area contributed by atoms with Gasteiger partial charge in [0.1, 0.15) is 0 Å². The molecule has 1 unspecified atom stereocenters. The van der Waals surface area contributed by atoms with Crippen molar-refractivity contribution in [2.45, 2.75) is 51.2 Å². The van der Waals surface area contributed by atoms with Gasteiger partial charge in [-0.25, -0.2) is 0 Å². The van der Waals surface area contributed by atoms with Crippen LogP contribution in [0, 0.1) is 0 Å². The number of aromatic nitrogens is 2. The Morgan fingerprint density at radius 3 is 2.72 bits per heavy atom. The second-order valence-corrected chi connectivity index (χ2v) is 6.30. The third-order valence-electron chi connectivity index (χ3n) is 4.46. The van der Waals surface area contributed by atoms with E-state index in [4.69, 9.17) is 14.0 Å². The van der Waals surface area contributed by atoms with Crippen LogP contribution >= 0.6 is 12.4 Å². The Morgan fingerprint density at radius 2 is 2.04 bits per heavy atom. The van der Waals surface area contributed by atoms with E-state index >= 15 is 0 Å². The fourth-order valence-corrected chi connectivity index (χ4v) is 2.91. The summed E-state index contributed by atoms with van der Waals surface area (Å²) in [6.45, 7) is 2.08. The van der Waals surface area contributed by atoms with Crippen molar-refractivity contribution < 1.29 is 14.0 Å². The van der Waals surface area contributed by atoms with Gasteiger partial charge in [-0.15, -0.1) is 12.4 Å². The first-order chi connectivity index (χ1) is 11.7. The lowest BCUT2D eigenvalue weighted by molar-refractivity contribution is 0.201. The van der Waals surface area contributed by atoms with Crippen molar-refractivity contribution in [3.8, 4) is 23.0 Å². The average Bonchev–Trinajstić information content (AvgIpc) is 3.27. The molecule has 0 radical (unpaired) electrons. The van der Waals surface area contributed by atoms with Crippen LogP contribution in [0.1, 0.15) is 38.4 Å². The van der Waals surface area contributed by atoms with Gasteiger partial charge in [0.2, 0.25) is 0 Å². The van der Waals surface area contributed by atoms with Crippen LogP contribution in [0.25, 0.3) is 11.5 Å². The number of ether oxygens (including phenoxy) is 2. The molecule has 1 saturated carbocycles. The van der Waals surface area contributed by atoms with Crippen LogP contribution in [0.4, 0.5) is 0 Å². The maximum Gasteiger partial charge on any atom is 0.258 e. The molecule has 1 aliphatic rings. The molecule has 0 saturated heterocycles. The molecule has 0 aliphatic heterocycles. The van der Waals surface area contributed by atoms with E-state index in [0.29, 0.717) is 29.6 Å². The summed E-state index contributed by atoms with van der Waals surface area (Å²) in [5, 5.41) is 7.21. The molecule has 1 aliphatic carbocycles. The molecule has 138 valence electrons. The van der Waals surface area contributed by atoms with Crippen LogP contribution in [0.15, 0.2) is 22.7 Å². The molecule has 1 aromatic carbocycles. The van der Waals surface area contributed by atoms with Gasteiger partial charge < -0.3 is 19.3 Å². The number of hydrogen-bond donors (Lipinski definition) is 1. The fourth-order valence-electron chi connectivity index (χ4n) is 2.91. The van der Waals surface area contributed by atoms with Gasteiger partial charge >= 0.3 is 0 Å². The molecule has 0 bridgehead atoms. The van der Waals surface area contributed by atoms with E-state index in [2.05, 4.69) is 22.4 Å². The number of likely N-dealkylation sites (N-methyl/N-ethyl adjacent to an activating group) is 1. The fraction of sp³-hybridized carbons (Fsp3) is 0.556. The monoisotopic (exact) mass is 367 g/mol. The molecule has 25 heavy (non-hydrogen) atoms. The normalized spacial score (nSPS) is 15.6. The van der Waals surface area contributed by atoms with Crippen molar-refractivity contribution in [2.75, 3.05) is 14.2 Å². The molecule has 1 N–H and O–H groups in total. The predicted octanol–water partition coefficient (Wildman–Crippen LogP) is 3.64. The molecule has 7 heteroatoms. The zero-order chi connectivity index (χ0) is 16.9. The molecule has 1 heterocycles. The van der Waals surface area contributed by atoms with E-state index in [9.17, 15) is 0 Å². The molecular weight excluding hydrogens is 342 g/mol. The first-order valence-electron chi connectivity index (χ1n) is 8.54. The van der Waals surface area contributed by atoms with Crippen molar-refractivity contribution in [1.82, 2.24) is 15.5 Å². The molecule has 1 fully saturated rings. The lowest BCUT2D eigenvalue weighted by Crippen LogP contribution is -2.24. The Balaban J connectivity index is 0.00000225. The number of hydrogen-bond acceptors (Lipinski definition) is 6. The zero-order valence-electron chi connectivity index (χ0n) is 14.9. The van der Waals surface area contributed by atoms with E-state index in [0.717, 1.165) is 30.6 Å². The van der Waals surface area contributed by atoms with Gasteiger partial charge in [-0.05, 0) is 57.9 Å². The molecule has 2 aromatic rings. The Bertz CT molecular complexity index is 671. The van der Waals surface area contributed by atoms with E-state index in [1.54, 1.807) is 7.11 Å². The number of nitrogens with one attached hydrogen (secondary N) is 1. The maximum atomic E-state index is 6.06. The molecule has 6 nitrogen and oxygen atoms in total. The Hall–Kier alpha value is -1.79. The van der Waals surface area contributed by atoms with Gasteiger partial charge in [0, 0.05) is 18.0 Å². The second kappa shape index (κ2) is 9.06. The lowest BCUT2D eigenvalue weighted by atomic mass is 10.2. The highest BCUT2D eigenvalue weighted by atomic mass is 35.5. The van der Waals surface area contributed by atoms with E-state index in [-0.39, 0.29) is 12.4 Å². The first-order valence-corrected chi connectivity index (χ1v) is 8.54. The summed E-state index contributed by atoms with van der Waals surface area (Å²) in [6.07, 6.45) is 5.72. The topological polar surface area (TPSA) is 69.4 Å². The summed E-state index contributed by atoms with van der Waals surface area (Å²) in [5.74, 6) is 2.66. The number of rotatable bonds is 7. The van der Waals surface area contributed by atoms with Crippen LogP contribution in [0.3, 0.4) is 0 Å². The summed E-state index contributed by atoms with van der Waals surface area (Å²) >= 11 is 0. The summed E-state index contributed by atoms with van der Waals surface area (Å²) < 4.78 is 16.9. The first kappa shape index (κ1) is 19.5. The van der Waals surface area contributed by atoms with E-state index < -0.39 is 0 Å². The van der Waals surface area contributed by atoms with Gasteiger partial charge in [-0.1, -0.05) is 5.16 Å². The molecule has 0 amide bonds. The predicted molar refractivity (Wildman–Crippen MR) is 98.6 cm³/mol. The third-order valence-corrected chi connectivity index (χ3v) is 4.46. The Morgan fingerprint density at radius 1 is 1.28 bits per heavy atom. The minimum atomic E-state index is 0. The van der Waals surface area contributed by atoms with Crippen molar-refractivity contribution in [1.29, 1.82) is 0 Å². The maximum absolute atomic E-state index is 6.06. The van der Waals surface area contributed by atoms with Crippen molar-refractivity contribution >= 4 is 12.4 Å². The summed E-state index contributed by atoms with van der Waals surface area (Å²) in [4.78, 5) is 4.46. The van der Waals surface area contributed by atoms with Crippen molar-refractivity contribution in [3.63, 3.8) is 0 Å². The molecule has 0 spiro atoms. The van der Waals surface area contributed by atoms with Crippen LogP contribution in [-0.4, -0.2) is 36.4 Å². The quantitative estimate of drug-likeness (QED) is 0.805. The largest absolute Gasteiger partial charge is 0.493 e. The van der Waals surface area contributed by atoms with Crippen molar-refractivity contribution in [3.05, 3.63) is 24.0 Å². The Labute approximate surface area is 154 Å². The lowest BCUT2D eigenvalue weighted by Gasteiger charge is -2.16. The molecule has 1 aromatic heterocycles. The SMILES string of the molecule is CNC(C)Cc1noc(-c2ccc(OC3CCCC3)c(OC)c2)n1.Cl. The molecule has 1 atom stereocenters. The van der Waals surface area contributed by atoms with Gasteiger partial charge in [-0.3, -0.25) is 0 Å². The second-order valence-electron chi connectivity index (χ2n) is 6.30. The third kappa shape index (κ3) is 4.86. The Kier molecular flexibility index (Phi) is 7.08. The van der Waals surface area contributed by atoms with Crippen molar-refractivity contribution in [2.24, 2.45) is 0 Å². The number of nitrogens with zero attached hydrogens (tertiary/aromatic N) is 2. The minimum Gasteiger partial charge on any atom is -0.493 e. The highest BCUT2D eigenvalue weighted by Gasteiger charge is 2.19.